The second-order valence-corrected chi connectivity index (χ2v) is 7.43. The summed E-state index contributed by atoms with van der Waals surface area (Å²) in [6, 6.07) is 5.13. The fourth-order valence-electron chi connectivity index (χ4n) is 2.79. The first-order chi connectivity index (χ1) is 12.0. The van der Waals surface area contributed by atoms with Crippen LogP contribution in [0, 0.1) is 0 Å². The SMILES string of the molecule is COC(=O)c1c(NC(=O)/C=C/c2c(Cl)cccc2Cl)sc2c1CCC2. The van der Waals surface area contributed by atoms with E-state index >= 15 is 0 Å². The van der Waals surface area contributed by atoms with Crippen LogP contribution in [-0.2, 0) is 22.4 Å². The average Bonchev–Trinajstić information content (AvgIpc) is 3.14. The Labute approximate surface area is 159 Å². The van der Waals surface area contributed by atoms with Gasteiger partial charge >= 0.3 is 5.97 Å². The second kappa shape index (κ2) is 7.60. The number of nitrogens with one attached hydrogen (secondary N) is 1. The first-order valence-electron chi connectivity index (χ1n) is 7.67. The van der Waals surface area contributed by atoms with E-state index in [1.807, 2.05) is 0 Å². The lowest BCUT2D eigenvalue weighted by atomic mass is 10.1. The Morgan fingerprint density at radius 3 is 2.64 bits per heavy atom. The standard InChI is InChI=1S/C18H15Cl2NO3S/c1-24-18(23)16-11-4-2-7-14(11)25-17(16)21-15(22)9-8-10-12(19)5-3-6-13(10)20/h3,5-6,8-9H,2,4,7H2,1H3,(H,21,22)/b9-8+. The van der Waals surface area contributed by atoms with Crippen molar-refractivity contribution in [2.75, 3.05) is 12.4 Å². The van der Waals surface area contributed by atoms with Crippen molar-refractivity contribution < 1.29 is 14.3 Å². The van der Waals surface area contributed by atoms with Gasteiger partial charge in [0.05, 0.1) is 12.7 Å². The Kier molecular flexibility index (Phi) is 5.47. The minimum Gasteiger partial charge on any atom is -0.465 e. The van der Waals surface area contributed by atoms with E-state index in [1.165, 1.54) is 24.5 Å². The van der Waals surface area contributed by atoms with Crippen LogP contribution in [0.1, 0.15) is 32.8 Å². The van der Waals surface area contributed by atoms with Crippen LogP contribution in [0.25, 0.3) is 6.08 Å². The number of rotatable bonds is 4. The molecule has 0 saturated carbocycles. The average molecular weight is 396 g/mol. The molecule has 3 rings (SSSR count). The summed E-state index contributed by atoms with van der Waals surface area (Å²) in [5.41, 5.74) is 2.03. The van der Waals surface area contributed by atoms with Gasteiger partial charge in [0.25, 0.3) is 0 Å². The minimum absolute atomic E-state index is 0.360. The van der Waals surface area contributed by atoms with Crippen LogP contribution in [0.2, 0.25) is 10.0 Å². The number of carbonyl (C=O) groups is 2. The predicted octanol–water partition coefficient (Wildman–Crippen LogP) is 4.98. The van der Waals surface area contributed by atoms with Crippen molar-refractivity contribution in [3.8, 4) is 0 Å². The highest BCUT2D eigenvalue weighted by atomic mass is 35.5. The number of thiophene rings is 1. The van der Waals surface area contributed by atoms with E-state index < -0.39 is 5.97 Å². The van der Waals surface area contributed by atoms with Crippen LogP contribution in [0.3, 0.4) is 0 Å². The van der Waals surface area contributed by atoms with E-state index in [0.717, 1.165) is 29.7 Å². The fourth-order valence-corrected chi connectivity index (χ4v) is 4.60. The molecule has 1 amide bonds. The van der Waals surface area contributed by atoms with E-state index in [2.05, 4.69) is 5.32 Å². The van der Waals surface area contributed by atoms with Gasteiger partial charge in [-0.25, -0.2) is 4.79 Å². The Morgan fingerprint density at radius 2 is 1.96 bits per heavy atom. The molecule has 25 heavy (non-hydrogen) atoms. The summed E-state index contributed by atoms with van der Waals surface area (Å²) in [6.45, 7) is 0. The Balaban J connectivity index is 1.82. The maximum Gasteiger partial charge on any atom is 0.341 e. The van der Waals surface area contributed by atoms with Gasteiger partial charge in [0.2, 0.25) is 5.91 Å². The maximum absolute atomic E-state index is 12.3. The second-order valence-electron chi connectivity index (χ2n) is 5.51. The topological polar surface area (TPSA) is 55.4 Å². The summed E-state index contributed by atoms with van der Waals surface area (Å²) in [6.07, 6.45) is 5.67. The normalized spacial score (nSPS) is 13.1. The highest BCUT2D eigenvalue weighted by Gasteiger charge is 2.27. The third-order valence-corrected chi connectivity index (χ3v) is 5.82. The van der Waals surface area contributed by atoms with E-state index in [9.17, 15) is 9.59 Å². The van der Waals surface area contributed by atoms with Crippen molar-refractivity contribution in [1.29, 1.82) is 0 Å². The highest BCUT2D eigenvalue weighted by Crippen LogP contribution is 2.39. The molecule has 0 aliphatic heterocycles. The van der Waals surface area contributed by atoms with Gasteiger partial charge in [-0.1, -0.05) is 29.3 Å². The van der Waals surface area contributed by atoms with Crippen LogP contribution < -0.4 is 5.32 Å². The molecule has 0 fully saturated rings. The molecule has 0 bridgehead atoms. The van der Waals surface area contributed by atoms with Crippen LogP contribution >= 0.6 is 34.5 Å². The van der Waals surface area contributed by atoms with Crippen molar-refractivity contribution in [3.63, 3.8) is 0 Å². The molecule has 0 atom stereocenters. The van der Waals surface area contributed by atoms with E-state index in [-0.39, 0.29) is 5.91 Å². The molecule has 1 aromatic carbocycles. The van der Waals surface area contributed by atoms with Gasteiger partial charge in [-0.3, -0.25) is 4.79 Å². The molecule has 130 valence electrons. The third-order valence-electron chi connectivity index (χ3n) is 3.95. The molecule has 2 aromatic rings. The van der Waals surface area contributed by atoms with Gasteiger partial charge < -0.3 is 10.1 Å². The number of amides is 1. The minimum atomic E-state index is -0.423. The van der Waals surface area contributed by atoms with Crippen LogP contribution in [-0.4, -0.2) is 19.0 Å². The summed E-state index contributed by atoms with van der Waals surface area (Å²) in [5.74, 6) is -0.783. The lowest BCUT2D eigenvalue weighted by Gasteiger charge is -2.05. The number of fused-ring (bicyclic) bond motifs is 1. The summed E-state index contributed by atoms with van der Waals surface area (Å²) in [7, 11) is 1.34. The van der Waals surface area contributed by atoms with Gasteiger partial charge in [-0.05, 0) is 43.0 Å². The lowest BCUT2D eigenvalue weighted by molar-refractivity contribution is -0.111. The third kappa shape index (κ3) is 3.73. The molecule has 7 heteroatoms. The van der Waals surface area contributed by atoms with Crippen molar-refractivity contribution in [2.24, 2.45) is 0 Å². The molecule has 0 saturated heterocycles. The zero-order chi connectivity index (χ0) is 18.0. The molecule has 0 unspecified atom stereocenters. The number of hydrogen-bond donors (Lipinski definition) is 1. The van der Waals surface area contributed by atoms with Gasteiger partial charge in [-0.2, -0.15) is 0 Å². The molecule has 4 nitrogen and oxygen atoms in total. The quantitative estimate of drug-likeness (QED) is 0.586. The molecule has 1 aliphatic carbocycles. The van der Waals surface area contributed by atoms with Crippen molar-refractivity contribution >= 4 is 57.5 Å². The number of carbonyl (C=O) groups excluding carboxylic acids is 2. The number of aryl methyl sites for hydroxylation is 1. The zero-order valence-corrected chi connectivity index (χ0v) is 15.7. The monoisotopic (exact) mass is 395 g/mol. The van der Waals surface area contributed by atoms with E-state index in [0.29, 0.717) is 26.2 Å². The smallest absolute Gasteiger partial charge is 0.341 e. The largest absolute Gasteiger partial charge is 0.465 e. The number of esters is 1. The summed E-state index contributed by atoms with van der Waals surface area (Å²) >= 11 is 13.6. The summed E-state index contributed by atoms with van der Waals surface area (Å²) in [4.78, 5) is 25.5. The molecular formula is C18H15Cl2NO3S. The molecule has 1 aliphatic rings. The first-order valence-corrected chi connectivity index (χ1v) is 9.24. The number of anilines is 1. The molecule has 0 spiro atoms. The van der Waals surface area contributed by atoms with E-state index in [4.69, 9.17) is 27.9 Å². The van der Waals surface area contributed by atoms with E-state index in [1.54, 1.807) is 24.3 Å². The summed E-state index contributed by atoms with van der Waals surface area (Å²) < 4.78 is 4.87. The molecule has 1 aromatic heterocycles. The number of benzene rings is 1. The zero-order valence-electron chi connectivity index (χ0n) is 13.4. The number of methoxy groups -OCH3 is 1. The van der Waals surface area contributed by atoms with Crippen LogP contribution in [0.4, 0.5) is 5.00 Å². The number of halogens is 2. The predicted molar refractivity (Wildman–Crippen MR) is 102 cm³/mol. The van der Waals surface area contributed by atoms with Crippen LogP contribution in [0.5, 0.6) is 0 Å². The molecular weight excluding hydrogens is 381 g/mol. The van der Waals surface area contributed by atoms with Gasteiger partial charge in [0.1, 0.15) is 5.00 Å². The number of ether oxygens (including phenoxy) is 1. The lowest BCUT2D eigenvalue weighted by Crippen LogP contribution is -2.12. The van der Waals surface area contributed by atoms with Gasteiger partial charge in [-0.15, -0.1) is 11.3 Å². The van der Waals surface area contributed by atoms with Gasteiger partial charge in [0.15, 0.2) is 0 Å². The first kappa shape index (κ1) is 18.0. The Morgan fingerprint density at radius 1 is 1.24 bits per heavy atom. The summed E-state index contributed by atoms with van der Waals surface area (Å²) in [5, 5.41) is 4.21. The van der Waals surface area contributed by atoms with Crippen molar-refractivity contribution in [3.05, 3.63) is 55.9 Å². The Bertz CT molecular complexity index is 853. The molecule has 0 radical (unpaired) electrons. The Hall–Kier alpha value is -1.82. The van der Waals surface area contributed by atoms with Crippen molar-refractivity contribution in [1.82, 2.24) is 0 Å². The molecule has 1 N–H and O–H groups in total. The highest BCUT2D eigenvalue weighted by molar-refractivity contribution is 7.17. The maximum atomic E-state index is 12.3. The molecule has 1 heterocycles. The van der Waals surface area contributed by atoms with Crippen molar-refractivity contribution in [2.45, 2.75) is 19.3 Å². The van der Waals surface area contributed by atoms with Gasteiger partial charge in [0, 0.05) is 26.6 Å². The number of hydrogen-bond acceptors (Lipinski definition) is 4. The van der Waals surface area contributed by atoms with Crippen LogP contribution in [0.15, 0.2) is 24.3 Å². The fraction of sp³-hybridized carbons (Fsp3) is 0.222.